The highest BCUT2D eigenvalue weighted by Gasteiger charge is 2.10. The lowest BCUT2D eigenvalue weighted by Crippen LogP contribution is -2.40. The van der Waals surface area contributed by atoms with Crippen LogP contribution >= 0.6 is 0 Å². The number of benzene rings is 2. The average molecular weight is 382 g/mol. The monoisotopic (exact) mass is 382 g/mol. The topological polar surface area (TPSA) is 62.9 Å². The van der Waals surface area contributed by atoms with Crippen molar-refractivity contribution < 1.29 is 13.5 Å². The van der Waals surface area contributed by atoms with Crippen LogP contribution in [0.15, 0.2) is 70.3 Å². The Balaban J connectivity index is 1.49. The lowest BCUT2D eigenvalue weighted by atomic mass is 10.2. The van der Waals surface area contributed by atoms with Crippen molar-refractivity contribution in [3.8, 4) is 17.2 Å². The van der Waals surface area contributed by atoms with Gasteiger partial charge in [-0.15, -0.1) is 0 Å². The molecule has 1 N–H and O–H groups in total. The summed E-state index contributed by atoms with van der Waals surface area (Å²) in [6.45, 7) is 1.35. The van der Waals surface area contributed by atoms with Crippen molar-refractivity contribution in [1.82, 2.24) is 15.2 Å². The Labute approximate surface area is 163 Å². The van der Waals surface area contributed by atoms with Crippen molar-refractivity contribution in [2.45, 2.75) is 6.54 Å². The van der Waals surface area contributed by atoms with Crippen LogP contribution in [-0.2, 0) is 6.54 Å². The van der Waals surface area contributed by atoms with Crippen LogP contribution < -0.4 is 10.1 Å². The smallest absolute Gasteiger partial charge is 0.226 e. The van der Waals surface area contributed by atoms with Crippen molar-refractivity contribution in [2.24, 2.45) is 4.99 Å². The van der Waals surface area contributed by atoms with Gasteiger partial charge in [-0.3, -0.25) is 4.99 Å². The fraction of sp³-hybridized carbons (Fsp3) is 0.238. The number of oxazole rings is 1. The van der Waals surface area contributed by atoms with E-state index in [-0.39, 0.29) is 11.6 Å². The molecule has 0 aliphatic carbocycles. The number of para-hydroxylation sites is 1. The molecule has 0 saturated carbocycles. The highest BCUT2D eigenvalue weighted by atomic mass is 19.1. The number of guanidine groups is 1. The van der Waals surface area contributed by atoms with Gasteiger partial charge in [0.1, 0.15) is 12.9 Å². The third-order valence-electron chi connectivity index (χ3n) is 4.09. The summed E-state index contributed by atoms with van der Waals surface area (Å²) in [5.41, 5.74) is 1.71. The summed E-state index contributed by atoms with van der Waals surface area (Å²) in [6, 6.07) is 16.1. The van der Waals surface area contributed by atoms with E-state index in [0.717, 1.165) is 11.3 Å². The zero-order valence-corrected chi connectivity index (χ0v) is 15.9. The quantitative estimate of drug-likeness (QED) is 0.500. The van der Waals surface area contributed by atoms with Crippen molar-refractivity contribution in [3.63, 3.8) is 0 Å². The van der Waals surface area contributed by atoms with E-state index in [4.69, 9.17) is 9.15 Å². The predicted molar refractivity (Wildman–Crippen MR) is 107 cm³/mol. The number of nitrogens with zero attached hydrogens (tertiary/aromatic N) is 3. The van der Waals surface area contributed by atoms with Gasteiger partial charge in [0.25, 0.3) is 0 Å². The van der Waals surface area contributed by atoms with Crippen LogP contribution in [0.3, 0.4) is 0 Å². The first-order valence-corrected chi connectivity index (χ1v) is 8.96. The Hall–Kier alpha value is -3.35. The molecule has 6 nitrogen and oxygen atoms in total. The predicted octanol–water partition coefficient (Wildman–Crippen LogP) is 3.57. The Morgan fingerprint density at radius 3 is 2.68 bits per heavy atom. The molecule has 0 aliphatic heterocycles. The summed E-state index contributed by atoms with van der Waals surface area (Å²) in [4.78, 5) is 10.6. The van der Waals surface area contributed by atoms with Gasteiger partial charge in [0.15, 0.2) is 17.5 Å². The van der Waals surface area contributed by atoms with Crippen molar-refractivity contribution in [3.05, 3.63) is 72.4 Å². The maximum atomic E-state index is 13.6. The van der Waals surface area contributed by atoms with E-state index in [2.05, 4.69) is 15.3 Å². The van der Waals surface area contributed by atoms with E-state index in [0.29, 0.717) is 31.5 Å². The number of hydrogen-bond donors (Lipinski definition) is 1. The fourth-order valence-electron chi connectivity index (χ4n) is 2.62. The molecule has 0 saturated heterocycles. The second kappa shape index (κ2) is 9.55. The van der Waals surface area contributed by atoms with E-state index in [1.54, 1.807) is 31.5 Å². The normalized spacial score (nSPS) is 11.3. The molecular formula is C21H23FN4O2. The third-order valence-corrected chi connectivity index (χ3v) is 4.09. The molecule has 0 atom stereocenters. The van der Waals surface area contributed by atoms with Crippen LogP contribution in [0.4, 0.5) is 4.39 Å². The molecule has 3 rings (SSSR count). The minimum absolute atomic E-state index is 0.245. The van der Waals surface area contributed by atoms with E-state index >= 15 is 0 Å². The van der Waals surface area contributed by atoms with Crippen LogP contribution in [0, 0.1) is 5.82 Å². The Morgan fingerprint density at radius 2 is 1.93 bits per heavy atom. The Kier molecular flexibility index (Phi) is 6.62. The second-order valence-electron chi connectivity index (χ2n) is 6.11. The number of ether oxygens (including phenoxy) is 1. The number of hydrogen-bond acceptors (Lipinski definition) is 4. The molecule has 0 radical (unpaired) electrons. The number of nitrogens with one attached hydrogen (secondary N) is 1. The highest BCUT2D eigenvalue weighted by Crippen LogP contribution is 2.18. The first kappa shape index (κ1) is 19.4. The Morgan fingerprint density at radius 1 is 1.18 bits per heavy atom. The fourth-order valence-corrected chi connectivity index (χ4v) is 2.62. The molecule has 1 aromatic heterocycles. The molecule has 146 valence electrons. The van der Waals surface area contributed by atoms with Crippen LogP contribution in [-0.4, -0.2) is 43.1 Å². The lowest BCUT2D eigenvalue weighted by molar-refractivity contribution is 0.270. The zero-order chi connectivity index (χ0) is 19.8. The lowest BCUT2D eigenvalue weighted by Gasteiger charge is -2.21. The molecule has 1 heterocycles. The van der Waals surface area contributed by atoms with E-state index in [1.807, 2.05) is 42.3 Å². The molecular weight excluding hydrogens is 359 g/mol. The first-order chi connectivity index (χ1) is 13.7. The van der Waals surface area contributed by atoms with E-state index in [9.17, 15) is 4.39 Å². The standard InChI is InChI=1S/C21H23FN4O2/c1-23-21(26(2)12-13-27-19-11-7-6-10-18(19)22)24-14-17-15-28-20(25-17)16-8-4-3-5-9-16/h3-11,15H,12-14H2,1-2H3,(H,23,24). The molecule has 0 bridgehead atoms. The molecule has 7 heteroatoms. The van der Waals surface area contributed by atoms with Crippen LogP contribution in [0.1, 0.15) is 5.69 Å². The third kappa shape index (κ3) is 5.09. The average Bonchev–Trinajstić information content (AvgIpc) is 3.20. The van der Waals surface area contributed by atoms with E-state index < -0.39 is 0 Å². The van der Waals surface area contributed by atoms with Crippen molar-refractivity contribution >= 4 is 5.96 Å². The summed E-state index contributed by atoms with van der Waals surface area (Å²) in [5, 5.41) is 3.23. The molecule has 0 aliphatic rings. The van der Waals surface area contributed by atoms with Gasteiger partial charge in [-0.25, -0.2) is 9.37 Å². The van der Waals surface area contributed by atoms with Gasteiger partial charge in [-0.05, 0) is 24.3 Å². The SMILES string of the molecule is CN=C(NCc1coc(-c2ccccc2)n1)N(C)CCOc1ccccc1F. The molecule has 3 aromatic rings. The van der Waals surface area contributed by atoms with Gasteiger partial charge in [0.05, 0.1) is 18.8 Å². The van der Waals surface area contributed by atoms with Gasteiger partial charge in [0, 0.05) is 19.7 Å². The number of likely N-dealkylation sites (N-methyl/N-ethyl adjacent to an activating group) is 1. The maximum absolute atomic E-state index is 13.6. The number of aromatic nitrogens is 1. The molecule has 0 unspecified atom stereocenters. The summed E-state index contributed by atoms with van der Waals surface area (Å²) in [5.74, 6) is 1.14. The van der Waals surface area contributed by atoms with Gasteiger partial charge in [0.2, 0.25) is 5.89 Å². The molecule has 0 spiro atoms. The zero-order valence-electron chi connectivity index (χ0n) is 15.9. The first-order valence-electron chi connectivity index (χ1n) is 8.96. The minimum Gasteiger partial charge on any atom is -0.489 e. The summed E-state index contributed by atoms with van der Waals surface area (Å²) >= 11 is 0. The summed E-state index contributed by atoms with van der Waals surface area (Å²) < 4.78 is 24.6. The van der Waals surface area contributed by atoms with Crippen LogP contribution in [0.5, 0.6) is 5.75 Å². The molecule has 0 fully saturated rings. The van der Waals surface area contributed by atoms with E-state index in [1.165, 1.54) is 6.07 Å². The van der Waals surface area contributed by atoms with Gasteiger partial charge < -0.3 is 19.4 Å². The van der Waals surface area contributed by atoms with Gasteiger partial charge in [-0.1, -0.05) is 30.3 Å². The van der Waals surface area contributed by atoms with Crippen molar-refractivity contribution in [1.29, 1.82) is 0 Å². The van der Waals surface area contributed by atoms with Crippen molar-refractivity contribution in [2.75, 3.05) is 27.2 Å². The summed E-state index contributed by atoms with van der Waals surface area (Å²) in [7, 11) is 3.59. The van der Waals surface area contributed by atoms with Gasteiger partial charge >= 0.3 is 0 Å². The molecule has 2 aromatic carbocycles. The number of aliphatic imine (C=N–C) groups is 1. The highest BCUT2D eigenvalue weighted by molar-refractivity contribution is 5.79. The molecule has 28 heavy (non-hydrogen) atoms. The van der Waals surface area contributed by atoms with Gasteiger partial charge in [-0.2, -0.15) is 0 Å². The summed E-state index contributed by atoms with van der Waals surface area (Å²) in [6.07, 6.45) is 1.63. The minimum atomic E-state index is -0.368. The molecule has 0 amide bonds. The number of rotatable bonds is 7. The maximum Gasteiger partial charge on any atom is 0.226 e. The van der Waals surface area contributed by atoms with Crippen LogP contribution in [0.2, 0.25) is 0 Å². The largest absolute Gasteiger partial charge is 0.489 e. The second-order valence-corrected chi connectivity index (χ2v) is 6.11. The Bertz CT molecular complexity index is 912. The number of halogens is 1. The van der Waals surface area contributed by atoms with Crippen LogP contribution in [0.25, 0.3) is 11.5 Å².